The molecular formula is C25H24N6OS. The molecule has 8 heteroatoms. The molecule has 6 rings (SSSR count). The molecule has 0 radical (unpaired) electrons. The molecule has 7 nitrogen and oxygen atoms in total. The van der Waals surface area contributed by atoms with Gasteiger partial charge >= 0.3 is 0 Å². The largest absolute Gasteiger partial charge is 0.324 e. The van der Waals surface area contributed by atoms with Crippen molar-refractivity contribution in [1.82, 2.24) is 28.7 Å². The van der Waals surface area contributed by atoms with E-state index in [1.807, 2.05) is 36.4 Å². The highest BCUT2D eigenvalue weighted by Gasteiger charge is 2.27. The zero-order chi connectivity index (χ0) is 22.4. The summed E-state index contributed by atoms with van der Waals surface area (Å²) in [6.45, 7) is 2.96. The van der Waals surface area contributed by atoms with Crippen LogP contribution >= 0.6 is 11.8 Å². The average molecular weight is 457 g/mol. The molecule has 0 amide bonds. The lowest BCUT2D eigenvalue weighted by Gasteiger charge is -2.17. The van der Waals surface area contributed by atoms with E-state index in [1.54, 1.807) is 11.8 Å². The van der Waals surface area contributed by atoms with Crippen molar-refractivity contribution in [3.05, 3.63) is 82.2 Å². The molecule has 0 fully saturated rings. The van der Waals surface area contributed by atoms with E-state index in [0.717, 1.165) is 60.1 Å². The third-order valence-corrected chi connectivity index (χ3v) is 7.18. The van der Waals surface area contributed by atoms with Crippen LogP contribution in [0.5, 0.6) is 0 Å². The molecule has 0 saturated heterocycles. The molecule has 5 heterocycles. The summed E-state index contributed by atoms with van der Waals surface area (Å²) < 4.78 is 5.81. The molecule has 0 unspecified atom stereocenters. The molecule has 0 aliphatic carbocycles. The number of aryl methyl sites for hydroxylation is 1. The lowest BCUT2D eigenvalue weighted by molar-refractivity contribution is 0.571. The van der Waals surface area contributed by atoms with E-state index in [1.165, 1.54) is 10.2 Å². The molecule has 1 aromatic carbocycles. The van der Waals surface area contributed by atoms with Gasteiger partial charge in [-0.05, 0) is 49.9 Å². The summed E-state index contributed by atoms with van der Waals surface area (Å²) >= 11 is 1.67. The van der Waals surface area contributed by atoms with Gasteiger partial charge in [-0.2, -0.15) is 4.68 Å². The summed E-state index contributed by atoms with van der Waals surface area (Å²) in [5, 5.41) is 5.54. The van der Waals surface area contributed by atoms with Gasteiger partial charge in [0, 0.05) is 30.4 Å². The Hall–Kier alpha value is -3.39. The second kappa shape index (κ2) is 8.19. The molecule has 3 aliphatic rings. The van der Waals surface area contributed by atoms with E-state index in [0.29, 0.717) is 17.1 Å². The molecular weight excluding hydrogens is 432 g/mol. The summed E-state index contributed by atoms with van der Waals surface area (Å²) in [4.78, 5) is 23.0. The van der Waals surface area contributed by atoms with Gasteiger partial charge in [0.25, 0.3) is 5.56 Å². The minimum absolute atomic E-state index is 0.0818. The normalized spacial score (nSPS) is 14.0. The molecule has 3 aromatic rings. The Bertz CT molecular complexity index is 1480. The number of imidazole rings is 1. The van der Waals surface area contributed by atoms with E-state index >= 15 is 0 Å². The first-order chi connectivity index (χ1) is 16.2. The molecule has 3 aliphatic heterocycles. The van der Waals surface area contributed by atoms with Gasteiger partial charge < -0.3 is 8.97 Å². The summed E-state index contributed by atoms with van der Waals surface area (Å²) in [6.07, 6.45) is 8.36. The lowest BCUT2D eigenvalue weighted by atomic mass is 10.1. The van der Waals surface area contributed by atoms with Gasteiger partial charge in [0.2, 0.25) is 0 Å². The van der Waals surface area contributed by atoms with E-state index < -0.39 is 0 Å². The third-order valence-electron chi connectivity index (χ3n) is 6.17. The smallest absolute Gasteiger partial charge is 0.284 e. The SMILES string of the molecule is Cc1ccc2nc(CSc3nc4nn(-c5ccccc5)c(=O)c-4c4n3CCCCC4)cn2c1. The Labute approximate surface area is 195 Å². The quantitative estimate of drug-likeness (QED) is 0.294. The van der Waals surface area contributed by atoms with Gasteiger partial charge in [-0.1, -0.05) is 42.4 Å². The van der Waals surface area contributed by atoms with Gasteiger partial charge in [0.15, 0.2) is 11.0 Å². The number of nitrogens with zero attached hydrogens (tertiary/aromatic N) is 6. The van der Waals surface area contributed by atoms with Crippen LogP contribution in [0.4, 0.5) is 0 Å². The van der Waals surface area contributed by atoms with E-state index in [-0.39, 0.29) is 5.56 Å². The Morgan fingerprint density at radius 2 is 1.88 bits per heavy atom. The highest BCUT2D eigenvalue weighted by atomic mass is 32.2. The molecule has 0 bridgehead atoms. The molecule has 2 aromatic heterocycles. The number of fused-ring (bicyclic) bond motifs is 4. The van der Waals surface area contributed by atoms with Crippen LogP contribution in [0.25, 0.3) is 22.7 Å². The minimum Gasteiger partial charge on any atom is -0.324 e. The summed E-state index contributed by atoms with van der Waals surface area (Å²) in [7, 11) is 0. The summed E-state index contributed by atoms with van der Waals surface area (Å²) in [6, 6.07) is 13.7. The van der Waals surface area contributed by atoms with Crippen molar-refractivity contribution in [2.75, 3.05) is 0 Å². The van der Waals surface area contributed by atoms with Crippen molar-refractivity contribution >= 4 is 17.4 Å². The van der Waals surface area contributed by atoms with Crippen molar-refractivity contribution in [2.24, 2.45) is 0 Å². The number of pyridine rings is 1. The maximum Gasteiger partial charge on any atom is 0.284 e. The lowest BCUT2D eigenvalue weighted by Crippen LogP contribution is -2.19. The van der Waals surface area contributed by atoms with Crippen LogP contribution in [0, 0.1) is 6.92 Å². The average Bonchev–Trinajstić information content (AvgIpc) is 3.28. The topological polar surface area (TPSA) is 70.0 Å². The summed E-state index contributed by atoms with van der Waals surface area (Å²) in [5.41, 5.74) is 5.57. The predicted octanol–water partition coefficient (Wildman–Crippen LogP) is 4.51. The fourth-order valence-electron chi connectivity index (χ4n) is 4.57. The number of aromatic nitrogens is 6. The number of thioether (sulfide) groups is 1. The van der Waals surface area contributed by atoms with Crippen molar-refractivity contribution in [3.63, 3.8) is 0 Å². The summed E-state index contributed by atoms with van der Waals surface area (Å²) in [5.74, 6) is 1.24. The van der Waals surface area contributed by atoms with Gasteiger partial charge in [-0.3, -0.25) is 4.79 Å². The van der Waals surface area contributed by atoms with E-state index in [4.69, 9.17) is 9.97 Å². The molecule has 166 valence electrons. The first-order valence-electron chi connectivity index (χ1n) is 11.3. The Morgan fingerprint density at radius 1 is 1.00 bits per heavy atom. The Balaban J connectivity index is 1.42. The molecule has 0 atom stereocenters. The Morgan fingerprint density at radius 3 is 2.76 bits per heavy atom. The van der Waals surface area contributed by atoms with Crippen LogP contribution in [0.1, 0.15) is 36.2 Å². The van der Waals surface area contributed by atoms with Crippen molar-refractivity contribution in [3.8, 4) is 17.1 Å². The Kier molecular flexibility index (Phi) is 5.02. The van der Waals surface area contributed by atoms with Crippen molar-refractivity contribution in [1.29, 1.82) is 0 Å². The van der Waals surface area contributed by atoms with Gasteiger partial charge in [-0.15, -0.1) is 5.10 Å². The van der Waals surface area contributed by atoms with Crippen LogP contribution in [0.3, 0.4) is 0 Å². The van der Waals surface area contributed by atoms with Gasteiger partial charge in [0.1, 0.15) is 11.2 Å². The van der Waals surface area contributed by atoms with Gasteiger partial charge in [0.05, 0.1) is 11.4 Å². The molecule has 0 spiro atoms. The number of hydrogen-bond acceptors (Lipinski definition) is 5. The molecule has 0 N–H and O–H groups in total. The first kappa shape index (κ1) is 20.2. The number of hydrogen-bond donors (Lipinski definition) is 0. The van der Waals surface area contributed by atoms with Crippen molar-refractivity contribution < 1.29 is 0 Å². The standard InChI is InChI=1S/C25H24N6OS/c1-17-11-12-21-26-18(15-29(21)14-17)16-33-25-27-23-22(20-10-6-3-7-13-30(20)25)24(32)31(28-23)19-8-4-2-5-9-19/h2,4-5,8-9,11-12,14-15H,3,6-7,10,13,16H2,1H3. The van der Waals surface area contributed by atoms with Gasteiger partial charge in [-0.25, -0.2) is 9.97 Å². The number of rotatable bonds is 4. The van der Waals surface area contributed by atoms with E-state index in [2.05, 4.69) is 39.5 Å². The number of benzene rings is 1. The maximum absolute atomic E-state index is 13.4. The van der Waals surface area contributed by atoms with E-state index in [9.17, 15) is 4.79 Å². The highest BCUT2D eigenvalue weighted by molar-refractivity contribution is 7.98. The molecule has 0 saturated carbocycles. The predicted molar refractivity (Wildman–Crippen MR) is 129 cm³/mol. The van der Waals surface area contributed by atoms with Crippen LogP contribution in [0.2, 0.25) is 0 Å². The van der Waals surface area contributed by atoms with Crippen LogP contribution in [-0.2, 0) is 18.7 Å². The highest BCUT2D eigenvalue weighted by Crippen LogP contribution is 2.31. The van der Waals surface area contributed by atoms with Crippen molar-refractivity contribution in [2.45, 2.75) is 50.1 Å². The monoisotopic (exact) mass is 456 g/mol. The number of para-hydroxylation sites is 1. The minimum atomic E-state index is -0.0818. The second-order valence-corrected chi connectivity index (χ2v) is 9.49. The maximum atomic E-state index is 13.4. The second-order valence-electron chi connectivity index (χ2n) is 8.55. The zero-order valence-corrected chi connectivity index (χ0v) is 19.3. The molecule has 33 heavy (non-hydrogen) atoms. The van der Waals surface area contributed by atoms with Crippen LogP contribution in [0.15, 0.2) is 64.8 Å². The van der Waals surface area contributed by atoms with Crippen LogP contribution < -0.4 is 5.56 Å². The third kappa shape index (κ3) is 3.64. The first-order valence-corrected chi connectivity index (χ1v) is 12.3. The van der Waals surface area contributed by atoms with Crippen LogP contribution in [-0.4, -0.2) is 28.7 Å². The zero-order valence-electron chi connectivity index (χ0n) is 18.4. The fourth-order valence-corrected chi connectivity index (χ4v) is 5.50. The fraction of sp³-hybridized carbons (Fsp3) is 0.280.